The van der Waals surface area contributed by atoms with Gasteiger partial charge in [0.2, 0.25) is 0 Å². The Balaban J connectivity index is 2.03. The van der Waals surface area contributed by atoms with Crippen LogP contribution in [0.5, 0.6) is 5.75 Å². The molecule has 0 aromatic heterocycles. The Morgan fingerprint density at radius 2 is 1.90 bits per heavy atom. The van der Waals surface area contributed by atoms with Crippen LogP contribution < -0.4 is 10.5 Å². The van der Waals surface area contributed by atoms with Crippen LogP contribution in [0.1, 0.15) is 24.1 Å². The molecule has 2 rings (SSSR count). The summed E-state index contributed by atoms with van der Waals surface area (Å²) in [5.74, 6) is 1.24. The summed E-state index contributed by atoms with van der Waals surface area (Å²) in [4.78, 5) is 0.830. The van der Waals surface area contributed by atoms with E-state index in [0.717, 1.165) is 21.8 Å². The zero-order chi connectivity index (χ0) is 15.2. The molecular weight excluding hydrogens is 282 g/mol. The minimum Gasteiger partial charge on any atom is -0.494 e. The summed E-state index contributed by atoms with van der Waals surface area (Å²) < 4.78 is 17.8. The Kier molecular flexibility index (Phi) is 5.53. The van der Waals surface area contributed by atoms with Gasteiger partial charge in [0, 0.05) is 16.7 Å². The van der Waals surface area contributed by atoms with Gasteiger partial charge in [0.1, 0.15) is 5.75 Å². The van der Waals surface area contributed by atoms with Crippen molar-refractivity contribution < 1.29 is 8.95 Å². The van der Waals surface area contributed by atoms with Crippen molar-refractivity contribution in [1.29, 1.82) is 0 Å². The van der Waals surface area contributed by atoms with Crippen LogP contribution in [-0.4, -0.2) is 16.6 Å². The van der Waals surface area contributed by atoms with Crippen molar-refractivity contribution in [2.45, 2.75) is 24.8 Å². The molecule has 3 nitrogen and oxygen atoms in total. The second-order valence-electron chi connectivity index (χ2n) is 4.94. The monoisotopic (exact) mass is 303 g/mol. The average molecular weight is 303 g/mol. The lowest BCUT2D eigenvalue weighted by molar-refractivity contribution is 0.340. The quantitative estimate of drug-likeness (QED) is 0.891. The molecule has 0 fully saturated rings. The van der Waals surface area contributed by atoms with Crippen molar-refractivity contribution in [3.05, 3.63) is 59.7 Å². The van der Waals surface area contributed by atoms with Crippen LogP contribution >= 0.6 is 0 Å². The van der Waals surface area contributed by atoms with Gasteiger partial charge >= 0.3 is 0 Å². The average Bonchev–Trinajstić information content (AvgIpc) is 2.48. The van der Waals surface area contributed by atoms with Gasteiger partial charge in [0.25, 0.3) is 0 Å². The summed E-state index contributed by atoms with van der Waals surface area (Å²) >= 11 is 0. The van der Waals surface area contributed by atoms with E-state index in [2.05, 4.69) is 0 Å². The predicted molar refractivity (Wildman–Crippen MR) is 87.0 cm³/mol. The van der Waals surface area contributed by atoms with E-state index in [1.54, 1.807) is 0 Å². The number of aryl methyl sites for hydroxylation is 1. The smallest absolute Gasteiger partial charge is 0.119 e. The van der Waals surface area contributed by atoms with Gasteiger partial charge in [-0.3, -0.25) is 4.21 Å². The van der Waals surface area contributed by atoms with E-state index in [0.29, 0.717) is 12.4 Å². The van der Waals surface area contributed by atoms with E-state index in [4.69, 9.17) is 10.5 Å². The van der Waals surface area contributed by atoms with Gasteiger partial charge in [0.15, 0.2) is 0 Å². The highest BCUT2D eigenvalue weighted by Gasteiger charge is 2.12. The molecule has 0 aliphatic heterocycles. The fourth-order valence-corrected chi connectivity index (χ4v) is 3.35. The first kappa shape index (κ1) is 15.7. The maximum Gasteiger partial charge on any atom is 0.119 e. The Morgan fingerprint density at radius 3 is 2.52 bits per heavy atom. The predicted octanol–water partition coefficient (Wildman–Crippen LogP) is 3.20. The number of hydrogen-bond acceptors (Lipinski definition) is 3. The van der Waals surface area contributed by atoms with Crippen LogP contribution in [0.2, 0.25) is 0 Å². The molecule has 0 saturated heterocycles. The van der Waals surface area contributed by atoms with Crippen molar-refractivity contribution in [3.8, 4) is 5.75 Å². The first-order valence-corrected chi connectivity index (χ1v) is 8.35. The van der Waals surface area contributed by atoms with Crippen molar-refractivity contribution >= 4 is 10.8 Å². The lowest BCUT2D eigenvalue weighted by atomic mass is 10.1. The van der Waals surface area contributed by atoms with Crippen LogP contribution in [-0.2, 0) is 10.8 Å². The minimum absolute atomic E-state index is 0.248. The van der Waals surface area contributed by atoms with E-state index in [1.165, 1.54) is 0 Å². The van der Waals surface area contributed by atoms with Crippen molar-refractivity contribution in [2.75, 3.05) is 12.4 Å². The molecule has 0 amide bonds. The van der Waals surface area contributed by atoms with Gasteiger partial charge in [-0.2, -0.15) is 0 Å². The highest BCUT2D eigenvalue weighted by atomic mass is 32.2. The first-order valence-electron chi connectivity index (χ1n) is 7.03. The Bertz CT molecular complexity index is 610. The third kappa shape index (κ3) is 4.41. The molecule has 0 saturated carbocycles. The second-order valence-corrected chi connectivity index (χ2v) is 6.43. The Labute approximate surface area is 128 Å². The van der Waals surface area contributed by atoms with Gasteiger partial charge in [-0.15, -0.1) is 0 Å². The molecule has 2 N–H and O–H groups in total. The third-order valence-corrected chi connectivity index (χ3v) is 4.64. The minimum atomic E-state index is -1.09. The largest absolute Gasteiger partial charge is 0.494 e. The Morgan fingerprint density at radius 1 is 1.19 bits per heavy atom. The maximum absolute atomic E-state index is 12.4. The molecule has 0 bridgehead atoms. The van der Waals surface area contributed by atoms with E-state index >= 15 is 0 Å². The summed E-state index contributed by atoms with van der Waals surface area (Å²) in [5, 5.41) is 0. The second kappa shape index (κ2) is 7.38. The molecule has 112 valence electrons. The van der Waals surface area contributed by atoms with Gasteiger partial charge in [-0.05, 0) is 49.2 Å². The molecular formula is C17H21NO2S. The maximum atomic E-state index is 12.4. The van der Waals surface area contributed by atoms with Gasteiger partial charge in [-0.25, -0.2) is 0 Å². The first-order chi connectivity index (χ1) is 10.1. The fourth-order valence-electron chi connectivity index (χ4n) is 2.09. The molecule has 2 unspecified atom stereocenters. The lowest BCUT2D eigenvalue weighted by Gasteiger charge is -2.13. The van der Waals surface area contributed by atoms with Gasteiger partial charge in [0.05, 0.1) is 17.4 Å². The zero-order valence-corrected chi connectivity index (χ0v) is 13.2. The zero-order valence-electron chi connectivity index (χ0n) is 12.4. The van der Waals surface area contributed by atoms with Crippen LogP contribution in [0.3, 0.4) is 0 Å². The molecule has 21 heavy (non-hydrogen) atoms. The molecule has 2 atom stereocenters. The van der Waals surface area contributed by atoms with E-state index in [1.807, 2.05) is 62.4 Å². The molecule has 2 aromatic rings. The lowest BCUT2D eigenvalue weighted by Crippen LogP contribution is -2.18. The normalized spacial score (nSPS) is 13.7. The Hall–Kier alpha value is -1.65. The van der Waals surface area contributed by atoms with Crippen LogP contribution in [0.4, 0.5) is 0 Å². The fraction of sp³-hybridized carbons (Fsp3) is 0.294. The van der Waals surface area contributed by atoms with Crippen molar-refractivity contribution in [3.63, 3.8) is 0 Å². The molecule has 0 aliphatic rings. The molecule has 4 heteroatoms. The molecule has 0 heterocycles. The molecule has 0 radical (unpaired) electrons. The van der Waals surface area contributed by atoms with E-state index < -0.39 is 10.8 Å². The van der Waals surface area contributed by atoms with E-state index in [9.17, 15) is 4.21 Å². The van der Waals surface area contributed by atoms with Gasteiger partial charge in [-0.1, -0.05) is 24.3 Å². The summed E-state index contributed by atoms with van der Waals surface area (Å²) in [7, 11) is -1.09. The summed E-state index contributed by atoms with van der Waals surface area (Å²) in [6, 6.07) is 15.2. The third-order valence-electron chi connectivity index (χ3n) is 3.20. The van der Waals surface area contributed by atoms with Crippen LogP contribution in [0.15, 0.2) is 53.4 Å². The number of rotatable bonds is 6. The molecule has 0 aliphatic carbocycles. The number of benzene rings is 2. The van der Waals surface area contributed by atoms with Gasteiger partial charge < -0.3 is 10.5 Å². The summed E-state index contributed by atoms with van der Waals surface area (Å²) in [6.07, 6.45) is 0. The number of hydrogen-bond donors (Lipinski definition) is 1. The molecule has 2 aromatic carbocycles. The van der Waals surface area contributed by atoms with Crippen LogP contribution in [0.25, 0.3) is 0 Å². The SMILES string of the molecule is CCOc1ccc(C(N)CS(=O)c2cccc(C)c2)cc1. The topological polar surface area (TPSA) is 52.3 Å². The number of nitrogens with two attached hydrogens (primary N) is 1. The van der Waals surface area contributed by atoms with E-state index in [-0.39, 0.29) is 6.04 Å². The molecule has 0 spiro atoms. The highest BCUT2D eigenvalue weighted by molar-refractivity contribution is 7.85. The highest BCUT2D eigenvalue weighted by Crippen LogP contribution is 2.19. The van der Waals surface area contributed by atoms with Crippen LogP contribution in [0, 0.1) is 6.92 Å². The van der Waals surface area contributed by atoms with Crippen molar-refractivity contribution in [1.82, 2.24) is 0 Å². The summed E-state index contributed by atoms with van der Waals surface area (Å²) in [5.41, 5.74) is 8.24. The standard InChI is InChI=1S/C17H21NO2S/c1-3-20-15-9-7-14(8-10-15)17(18)12-21(19)16-6-4-5-13(2)11-16/h4-11,17H,3,12,18H2,1-2H3. The van der Waals surface area contributed by atoms with Crippen molar-refractivity contribution in [2.24, 2.45) is 5.73 Å². The summed E-state index contributed by atoms with van der Waals surface area (Å²) in [6.45, 7) is 4.58. The number of ether oxygens (including phenoxy) is 1.